The normalized spacial score (nSPS) is 33.6. The van der Waals surface area contributed by atoms with Gasteiger partial charge in [0.15, 0.2) is 0 Å². The fraction of sp³-hybridized carbons (Fsp3) is 0.933. The maximum atomic E-state index is 9.22. The molecule has 1 saturated carbocycles. The number of nitrogens with one attached hydrogen (secondary N) is 1. The van der Waals surface area contributed by atoms with Gasteiger partial charge in [-0.25, -0.2) is 0 Å². The summed E-state index contributed by atoms with van der Waals surface area (Å²) in [7, 11) is 0. The first-order valence-electron chi connectivity index (χ1n) is 7.65. The summed E-state index contributed by atoms with van der Waals surface area (Å²) in [6, 6.07) is 2.91. The Bertz CT molecular complexity index is 268. The highest BCUT2D eigenvalue weighted by Gasteiger charge is 2.23. The van der Waals surface area contributed by atoms with Gasteiger partial charge in [-0.1, -0.05) is 19.3 Å². The minimum absolute atomic E-state index is 0.222. The van der Waals surface area contributed by atoms with Crippen molar-refractivity contribution in [2.75, 3.05) is 13.2 Å². The van der Waals surface area contributed by atoms with Crippen LogP contribution in [0.1, 0.15) is 57.8 Å². The van der Waals surface area contributed by atoms with Gasteiger partial charge in [0, 0.05) is 12.6 Å². The van der Waals surface area contributed by atoms with E-state index in [0.29, 0.717) is 12.1 Å². The Balaban J connectivity index is 1.68. The average molecular weight is 250 g/mol. The second kappa shape index (κ2) is 7.76. The number of nitriles is 1. The molecule has 0 radical (unpaired) electrons. The van der Waals surface area contributed by atoms with Crippen LogP contribution in [0.3, 0.4) is 0 Å². The molecule has 1 aliphatic carbocycles. The summed E-state index contributed by atoms with van der Waals surface area (Å²) in [5.74, 6) is 0.222. The molecule has 3 heteroatoms. The molecule has 3 nitrogen and oxygen atoms in total. The maximum absolute atomic E-state index is 9.22. The summed E-state index contributed by atoms with van der Waals surface area (Å²) < 4.78 is 5.74. The zero-order valence-corrected chi connectivity index (χ0v) is 11.4. The van der Waals surface area contributed by atoms with E-state index in [1.54, 1.807) is 0 Å². The molecule has 18 heavy (non-hydrogen) atoms. The van der Waals surface area contributed by atoms with Crippen molar-refractivity contribution in [2.24, 2.45) is 5.92 Å². The Labute approximate surface area is 111 Å². The van der Waals surface area contributed by atoms with Crippen LogP contribution in [0.5, 0.6) is 0 Å². The molecule has 2 rings (SSSR count). The van der Waals surface area contributed by atoms with Crippen LogP contribution in [0.15, 0.2) is 0 Å². The van der Waals surface area contributed by atoms with E-state index < -0.39 is 0 Å². The van der Waals surface area contributed by atoms with Gasteiger partial charge in [-0.15, -0.1) is 0 Å². The first-order chi connectivity index (χ1) is 8.90. The average Bonchev–Trinajstić information content (AvgIpc) is 2.65. The van der Waals surface area contributed by atoms with Crippen LogP contribution >= 0.6 is 0 Å². The smallest absolute Gasteiger partial charge is 0.0672 e. The number of hydrogen-bond acceptors (Lipinski definition) is 3. The molecule has 1 heterocycles. The highest BCUT2D eigenvalue weighted by molar-refractivity contribution is 4.93. The predicted octanol–water partition coefficient (Wildman–Crippen LogP) is 3.01. The van der Waals surface area contributed by atoms with Crippen LogP contribution in [0.2, 0.25) is 0 Å². The van der Waals surface area contributed by atoms with Gasteiger partial charge in [0.25, 0.3) is 0 Å². The van der Waals surface area contributed by atoms with Crippen molar-refractivity contribution in [2.45, 2.75) is 69.9 Å². The Morgan fingerprint density at radius 3 is 2.67 bits per heavy atom. The molecule has 0 bridgehead atoms. The molecule has 0 spiro atoms. The van der Waals surface area contributed by atoms with Gasteiger partial charge in [-0.3, -0.25) is 0 Å². The third-order valence-electron chi connectivity index (χ3n) is 4.33. The second-order valence-electron chi connectivity index (χ2n) is 5.71. The quantitative estimate of drug-likeness (QED) is 0.780. The molecule has 0 aromatic carbocycles. The fourth-order valence-corrected chi connectivity index (χ4v) is 3.17. The van der Waals surface area contributed by atoms with Crippen molar-refractivity contribution in [3.8, 4) is 6.07 Å². The molecule has 0 amide bonds. The Hall–Kier alpha value is -0.590. The fourth-order valence-electron chi connectivity index (χ4n) is 3.17. The van der Waals surface area contributed by atoms with Gasteiger partial charge in [-0.2, -0.15) is 5.26 Å². The van der Waals surface area contributed by atoms with Crippen molar-refractivity contribution in [1.29, 1.82) is 5.26 Å². The van der Waals surface area contributed by atoms with E-state index in [9.17, 15) is 5.26 Å². The van der Waals surface area contributed by atoms with Crippen LogP contribution in [0.4, 0.5) is 0 Å². The lowest BCUT2D eigenvalue weighted by atomic mass is 9.96. The lowest BCUT2D eigenvalue weighted by Crippen LogP contribution is -2.37. The molecule has 3 atom stereocenters. The maximum Gasteiger partial charge on any atom is 0.0672 e. The molecule has 2 aliphatic rings. The van der Waals surface area contributed by atoms with Crippen molar-refractivity contribution >= 4 is 0 Å². The SMILES string of the molecule is N#CC1CCCCCC1NCCC1CCCCO1. The number of nitrogens with zero attached hydrogens (tertiary/aromatic N) is 1. The molecule has 1 aliphatic heterocycles. The minimum Gasteiger partial charge on any atom is -0.378 e. The van der Waals surface area contributed by atoms with Gasteiger partial charge >= 0.3 is 0 Å². The van der Waals surface area contributed by atoms with E-state index in [2.05, 4.69) is 11.4 Å². The summed E-state index contributed by atoms with van der Waals surface area (Å²) in [6.07, 6.45) is 11.4. The molecule has 0 aromatic rings. The van der Waals surface area contributed by atoms with Gasteiger partial charge < -0.3 is 10.1 Å². The van der Waals surface area contributed by atoms with E-state index in [1.165, 1.54) is 44.9 Å². The molecule has 102 valence electrons. The molecule has 1 saturated heterocycles. The molecular weight excluding hydrogens is 224 g/mol. The third-order valence-corrected chi connectivity index (χ3v) is 4.33. The molecular formula is C15H26N2O. The largest absolute Gasteiger partial charge is 0.378 e. The summed E-state index contributed by atoms with van der Waals surface area (Å²) in [6.45, 7) is 1.95. The second-order valence-corrected chi connectivity index (χ2v) is 5.71. The number of hydrogen-bond donors (Lipinski definition) is 1. The van der Waals surface area contributed by atoms with E-state index in [1.807, 2.05) is 0 Å². The lowest BCUT2D eigenvalue weighted by Gasteiger charge is -2.25. The van der Waals surface area contributed by atoms with Gasteiger partial charge in [0.05, 0.1) is 18.1 Å². The van der Waals surface area contributed by atoms with Crippen molar-refractivity contribution in [3.05, 3.63) is 0 Å². The standard InChI is InChI=1S/C15H26N2O/c16-12-13-6-2-1-3-8-15(13)17-10-9-14-7-4-5-11-18-14/h13-15,17H,1-11H2. The number of ether oxygens (including phenoxy) is 1. The Kier molecular flexibility index (Phi) is 5.96. The molecule has 2 fully saturated rings. The first kappa shape index (κ1) is 13.8. The summed E-state index contributed by atoms with van der Waals surface area (Å²) in [5.41, 5.74) is 0. The topological polar surface area (TPSA) is 45.0 Å². The van der Waals surface area contributed by atoms with Crippen molar-refractivity contribution in [1.82, 2.24) is 5.32 Å². The van der Waals surface area contributed by atoms with Crippen LogP contribution in [0.25, 0.3) is 0 Å². The van der Waals surface area contributed by atoms with Crippen LogP contribution < -0.4 is 5.32 Å². The monoisotopic (exact) mass is 250 g/mol. The minimum atomic E-state index is 0.222. The van der Waals surface area contributed by atoms with E-state index in [-0.39, 0.29) is 5.92 Å². The summed E-state index contributed by atoms with van der Waals surface area (Å²) >= 11 is 0. The highest BCUT2D eigenvalue weighted by atomic mass is 16.5. The zero-order valence-electron chi connectivity index (χ0n) is 11.4. The third kappa shape index (κ3) is 4.26. The summed E-state index contributed by atoms with van der Waals surface area (Å²) in [5, 5.41) is 12.8. The Morgan fingerprint density at radius 2 is 1.89 bits per heavy atom. The van der Waals surface area contributed by atoms with Crippen LogP contribution in [-0.2, 0) is 4.74 Å². The van der Waals surface area contributed by atoms with E-state index in [4.69, 9.17) is 4.74 Å². The zero-order chi connectivity index (χ0) is 12.6. The Morgan fingerprint density at radius 1 is 1.06 bits per heavy atom. The molecule has 3 unspecified atom stereocenters. The van der Waals surface area contributed by atoms with Gasteiger partial charge in [-0.05, 0) is 45.1 Å². The predicted molar refractivity (Wildman–Crippen MR) is 72.2 cm³/mol. The van der Waals surface area contributed by atoms with Gasteiger partial charge in [0.2, 0.25) is 0 Å². The van der Waals surface area contributed by atoms with Crippen LogP contribution in [0, 0.1) is 17.2 Å². The van der Waals surface area contributed by atoms with Gasteiger partial charge in [0.1, 0.15) is 0 Å². The molecule has 1 N–H and O–H groups in total. The van der Waals surface area contributed by atoms with Crippen molar-refractivity contribution < 1.29 is 4.74 Å². The summed E-state index contributed by atoms with van der Waals surface area (Å²) in [4.78, 5) is 0. The first-order valence-corrected chi connectivity index (χ1v) is 7.65. The van der Waals surface area contributed by atoms with Crippen LogP contribution in [-0.4, -0.2) is 25.3 Å². The lowest BCUT2D eigenvalue weighted by molar-refractivity contribution is 0.0110. The van der Waals surface area contributed by atoms with E-state index >= 15 is 0 Å². The number of rotatable bonds is 4. The van der Waals surface area contributed by atoms with E-state index in [0.717, 1.165) is 26.0 Å². The van der Waals surface area contributed by atoms with Crippen molar-refractivity contribution in [3.63, 3.8) is 0 Å². The highest BCUT2D eigenvalue weighted by Crippen LogP contribution is 2.23. The molecule has 0 aromatic heterocycles.